The molecule has 2 atom stereocenters. The van der Waals surface area contributed by atoms with Gasteiger partial charge >= 0.3 is 12.1 Å². The summed E-state index contributed by atoms with van der Waals surface area (Å²) in [6, 6.07) is 11.8. The highest BCUT2D eigenvalue weighted by molar-refractivity contribution is 5.92. The fraction of sp³-hybridized carbons (Fsp3) is 0.515. The van der Waals surface area contributed by atoms with Crippen LogP contribution in [-0.2, 0) is 36.7 Å². The molecule has 10 heteroatoms. The van der Waals surface area contributed by atoms with Crippen LogP contribution in [0, 0.1) is 0 Å². The first-order chi connectivity index (χ1) is 20.4. The summed E-state index contributed by atoms with van der Waals surface area (Å²) in [5, 5.41) is 15.3. The van der Waals surface area contributed by atoms with Crippen molar-refractivity contribution < 1.29 is 33.8 Å². The molecule has 3 amide bonds. The van der Waals surface area contributed by atoms with E-state index in [4.69, 9.17) is 9.47 Å². The first kappa shape index (κ1) is 35.1. The first-order valence-corrected chi connectivity index (χ1v) is 15.0. The van der Waals surface area contributed by atoms with E-state index in [-0.39, 0.29) is 38.3 Å². The Morgan fingerprint density at radius 1 is 0.930 bits per heavy atom. The SMILES string of the molecule is CCCCN(C(=O)C(Cc1ccc(O)cc1)NC(=O)OC(C)(C)C)C(C(=O)NCCC(=O)OCC)c1ccc(CC)cc1. The smallest absolute Gasteiger partial charge is 0.408 e. The number of aryl methyl sites for hydroxylation is 1. The molecule has 2 rings (SSSR count). The molecule has 236 valence electrons. The fourth-order valence-corrected chi connectivity index (χ4v) is 4.44. The number of unbranched alkanes of at least 4 members (excludes halogenated alkanes) is 1. The number of carbonyl (C=O) groups is 4. The van der Waals surface area contributed by atoms with Crippen molar-refractivity contribution >= 4 is 23.9 Å². The minimum atomic E-state index is -1.07. The zero-order valence-electron chi connectivity index (χ0n) is 26.3. The number of ether oxygens (including phenoxy) is 2. The van der Waals surface area contributed by atoms with Gasteiger partial charge in [0.25, 0.3) is 0 Å². The Labute approximate surface area is 255 Å². The van der Waals surface area contributed by atoms with Crippen molar-refractivity contribution in [2.45, 2.75) is 91.3 Å². The Hall–Kier alpha value is -4.08. The number of esters is 1. The van der Waals surface area contributed by atoms with Crippen molar-refractivity contribution in [3.05, 3.63) is 65.2 Å². The van der Waals surface area contributed by atoms with Gasteiger partial charge in [-0.05, 0) is 69.4 Å². The highest BCUT2D eigenvalue weighted by Gasteiger charge is 2.36. The van der Waals surface area contributed by atoms with E-state index in [0.29, 0.717) is 17.5 Å². The molecule has 43 heavy (non-hydrogen) atoms. The summed E-state index contributed by atoms with van der Waals surface area (Å²) in [6.45, 7) is 11.5. The number of aromatic hydroxyl groups is 1. The summed E-state index contributed by atoms with van der Waals surface area (Å²) in [5.41, 5.74) is 1.59. The molecule has 0 bridgehead atoms. The van der Waals surface area contributed by atoms with Gasteiger partial charge in [0.2, 0.25) is 11.8 Å². The van der Waals surface area contributed by atoms with Crippen LogP contribution in [0.25, 0.3) is 0 Å². The summed E-state index contributed by atoms with van der Waals surface area (Å²) in [7, 11) is 0. The van der Waals surface area contributed by atoms with Gasteiger partial charge in [-0.15, -0.1) is 0 Å². The zero-order valence-corrected chi connectivity index (χ0v) is 26.3. The van der Waals surface area contributed by atoms with Gasteiger partial charge in [0.1, 0.15) is 23.4 Å². The van der Waals surface area contributed by atoms with Gasteiger partial charge in [-0.25, -0.2) is 4.79 Å². The van der Waals surface area contributed by atoms with E-state index >= 15 is 0 Å². The van der Waals surface area contributed by atoms with Crippen LogP contribution in [0.2, 0.25) is 0 Å². The molecule has 3 N–H and O–H groups in total. The van der Waals surface area contributed by atoms with Gasteiger partial charge in [0, 0.05) is 19.5 Å². The molecule has 0 radical (unpaired) electrons. The Bertz CT molecular complexity index is 1190. The predicted molar refractivity (Wildman–Crippen MR) is 164 cm³/mol. The standard InChI is InChI=1S/C33H47N3O7/c1-7-10-21-36(29(25-15-11-23(8-2)12-16-25)30(39)34-20-19-28(38)42-9-3)31(40)27(35-32(41)43-33(4,5)6)22-24-13-17-26(37)18-14-24/h11-18,27,29,37H,7-10,19-22H2,1-6H3,(H,34,39)(H,35,41). The molecule has 2 unspecified atom stereocenters. The first-order valence-electron chi connectivity index (χ1n) is 15.0. The lowest BCUT2D eigenvalue weighted by atomic mass is 9.98. The molecule has 10 nitrogen and oxygen atoms in total. The van der Waals surface area contributed by atoms with Crippen molar-refractivity contribution in [1.82, 2.24) is 15.5 Å². The molecular formula is C33H47N3O7. The topological polar surface area (TPSA) is 134 Å². The van der Waals surface area contributed by atoms with Crippen molar-refractivity contribution in [3.63, 3.8) is 0 Å². The maximum atomic E-state index is 14.4. The van der Waals surface area contributed by atoms with E-state index in [2.05, 4.69) is 10.6 Å². The molecule has 2 aromatic carbocycles. The number of nitrogens with one attached hydrogen (secondary N) is 2. The lowest BCUT2D eigenvalue weighted by Crippen LogP contribution is -2.54. The molecule has 0 saturated carbocycles. The minimum absolute atomic E-state index is 0.00629. The van der Waals surface area contributed by atoms with Crippen molar-refractivity contribution in [2.24, 2.45) is 0 Å². The summed E-state index contributed by atoms with van der Waals surface area (Å²) >= 11 is 0. The largest absolute Gasteiger partial charge is 0.508 e. The lowest BCUT2D eigenvalue weighted by molar-refractivity contribution is -0.144. The predicted octanol–water partition coefficient (Wildman–Crippen LogP) is 4.83. The number of hydrogen-bond donors (Lipinski definition) is 3. The third-order valence-electron chi connectivity index (χ3n) is 6.60. The van der Waals surface area contributed by atoms with Crippen LogP contribution in [0.5, 0.6) is 5.75 Å². The van der Waals surface area contributed by atoms with Gasteiger partial charge in [-0.1, -0.05) is 56.7 Å². The van der Waals surface area contributed by atoms with E-state index in [1.807, 2.05) is 38.1 Å². The Balaban J connectivity index is 2.51. The van der Waals surface area contributed by atoms with Crippen molar-refractivity contribution in [1.29, 1.82) is 0 Å². The second kappa shape index (κ2) is 17.1. The van der Waals surface area contributed by atoms with Gasteiger partial charge in [0.05, 0.1) is 13.0 Å². The van der Waals surface area contributed by atoms with Gasteiger partial charge in [0.15, 0.2) is 0 Å². The minimum Gasteiger partial charge on any atom is -0.508 e. The zero-order chi connectivity index (χ0) is 32.0. The van der Waals surface area contributed by atoms with E-state index < -0.39 is 41.6 Å². The Kier molecular flexibility index (Phi) is 14.0. The average molecular weight is 598 g/mol. The van der Waals surface area contributed by atoms with Crippen LogP contribution in [0.3, 0.4) is 0 Å². The molecule has 0 saturated heterocycles. The van der Waals surface area contributed by atoms with Crippen LogP contribution in [0.4, 0.5) is 4.79 Å². The molecule has 2 aromatic rings. The fourth-order valence-electron chi connectivity index (χ4n) is 4.44. The molecule has 0 spiro atoms. The molecular weight excluding hydrogens is 550 g/mol. The van der Waals surface area contributed by atoms with E-state index in [1.54, 1.807) is 39.8 Å². The maximum Gasteiger partial charge on any atom is 0.408 e. The normalized spacial score (nSPS) is 12.5. The quantitative estimate of drug-likeness (QED) is 0.250. The summed E-state index contributed by atoms with van der Waals surface area (Å²) in [4.78, 5) is 54.4. The number of nitrogens with zero attached hydrogens (tertiary/aromatic N) is 1. The van der Waals surface area contributed by atoms with Gasteiger partial charge in [-0.3, -0.25) is 14.4 Å². The van der Waals surface area contributed by atoms with Crippen LogP contribution >= 0.6 is 0 Å². The number of alkyl carbamates (subject to hydrolysis) is 1. The second-order valence-electron chi connectivity index (χ2n) is 11.3. The van der Waals surface area contributed by atoms with Crippen LogP contribution in [0.15, 0.2) is 48.5 Å². The average Bonchev–Trinajstić information content (AvgIpc) is 2.95. The van der Waals surface area contributed by atoms with E-state index in [9.17, 15) is 24.3 Å². The molecule has 0 aliphatic rings. The lowest BCUT2D eigenvalue weighted by Gasteiger charge is -2.34. The summed E-state index contributed by atoms with van der Waals surface area (Å²) in [6.07, 6.45) is 1.52. The van der Waals surface area contributed by atoms with Crippen molar-refractivity contribution in [2.75, 3.05) is 19.7 Å². The van der Waals surface area contributed by atoms with Gasteiger partial charge in [-0.2, -0.15) is 0 Å². The van der Waals surface area contributed by atoms with Crippen LogP contribution in [0.1, 0.15) is 83.5 Å². The Morgan fingerprint density at radius 3 is 2.12 bits per heavy atom. The summed E-state index contributed by atoms with van der Waals surface area (Å²) in [5.74, 6) is -1.26. The van der Waals surface area contributed by atoms with Crippen LogP contribution < -0.4 is 10.6 Å². The number of phenols is 1. The van der Waals surface area contributed by atoms with Gasteiger partial charge < -0.3 is 30.1 Å². The third kappa shape index (κ3) is 12.0. The number of rotatable bonds is 15. The number of phenolic OH excluding ortho intramolecular Hbond substituents is 1. The highest BCUT2D eigenvalue weighted by Crippen LogP contribution is 2.25. The van der Waals surface area contributed by atoms with Crippen molar-refractivity contribution in [3.8, 4) is 5.75 Å². The van der Waals surface area contributed by atoms with E-state index in [1.165, 1.54) is 17.0 Å². The number of benzene rings is 2. The number of hydrogen-bond acceptors (Lipinski definition) is 7. The number of carbonyl (C=O) groups excluding carboxylic acids is 4. The second-order valence-corrected chi connectivity index (χ2v) is 11.3. The molecule has 0 aliphatic carbocycles. The summed E-state index contributed by atoms with van der Waals surface area (Å²) < 4.78 is 10.4. The van der Waals surface area contributed by atoms with E-state index in [0.717, 1.165) is 18.4 Å². The van der Waals surface area contributed by atoms with Crippen LogP contribution in [-0.4, -0.2) is 65.2 Å². The number of amides is 3. The molecule has 0 aliphatic heterocycles. The monoisotopic (exact) mass is 597 g/mol. The third-order valence-corrected chi connectivity index (χ3v) is 6.60. The Morgan fingerprint density at radius 2 is 1.56 bits per heavy atom. The highest BCUT2D eigenvalue weighted by atomic mass is 16.6. The molecule has 0 aromatic heterocycles. The maximum absolute atomic E-state index is 14.4. The molecule has 0 fully saturated rings. The molecule has 0 heterocycles.